The first-order chi connectivity index (χ1) is 13.2. The minimum Gasteiger partial charge on any atom is -0.378 e. The minimum absolute atomic E-state index is 0.117. The summed E-state index contributed by atoms with van der Waals surface area (Å²) in [4.78, 5) is 8.67. The Kier molecular flexibility index (Phi) is 5.95. The smallest absolute Gasteiger partial charge is 0.200 e. The van der Waals surface area contributed by atoms with Crippen LogP contribution in [0.25, 0.3) is 0 Å². The Hall–Kier alpha value is -2.12. The third kappa shape index (κ3) is 4.31. The summed E-state index contributed by atoms with van der Waals surface area (Å²) in [6.07, 6.45) is 1.63. The number of rotatable bonds is 5. The fraction of sp³-hybridized carbons (Fsp3) is 0.476. The standard InChI is InChI=1S/C21H29N3O3S/c1-21(2,3)28(25,26)20-10-9-18(15-22-20)23(4)16-17-7-5-6-8-19(17)24-11-13-27-14-12-24/h5-10,15H,11-14,16H2,1-4H3. The molecule has 0 amide bonds. The molecule has 0 unspecified atom stereocenters. The lowest BCUT2D eigenvalue weighted by Gasteiger charge is -2.31. The molecule has 1 aliphatic rings. The molecule has 0 aliphatic carbocycles. The van der Waals surface area contributed by atoms with Crippen molar-refractivity contribution in [2.45, 2.75) is 37.1 Å². The highest BCUT2D eigenvalue weighted by molar-refractivity contribution is 7.92. The van der Waals surface area contributed by atoms with Crippen LogP contribution >= 0.6 is 0 Å². The number of nitrogens with zero attached hydrogens (tertiary/aromatic N) is 3. The number of pyridine rings is 1. The van der Waals surface area contributed by atoms with Gasteiger partial charge in [-0.15, -0.1) is 0 Å². The highest BCUT2D eigenvalue weighted by Gasteiger charge is 2.32. The first-order valence-corrected chi connectivity index (χ1v) is 11.0. The summed E-state index contributed by atoms with van der Waals surface area (Å²) in [5.41, 5.74) is 3.32. The Labute approximate surface area is 168 Å². The fourth-order valence-corrected chi connectivity index (χ4v) is 4.24. The predicted molar refractivity (Wildman–Crippen MR) is 113 cm³/mol. The fourth-order valence-electron chi connectivity index (χ4n) is 3.18. The van der Waals surface area contributed by atoms with Crippen LogP contribution in [-0.2, 0) is 21.1 Å². The van der Waals surface area contributed by atoms with Crippen molar-refractivity contribution < 1.29 is 13.2 Å². The normalized spacial score (nSPS) is 15.5. The lowest BCUT2D eigenvalue weighted by atomic mass is 10.1. The van der Waals surface area contributed by atoms with Crippen LogP contribution in [0.2, 0.25) is 0 Å². The zero-order valence-corrected chi connectivity index (χ0v) is 17.9. The van der Waals surface area contributed by atoms with E-state index in [0.717, 1.165) is 32.0 Å². The molecule has 3 rings (SSSR count). The van der Waals surface area contributed by atoms with E-state index in [2.05, 4.69) is 33.0 Å². The van der Waals surface area contributed by atoms with Gasteiger partial charge in [-0.25, -0.2) is 13.4 Å². The molecule has 0 spiro atoms. The second-order valence-corrected chi connectivity index (χ2v) is 10.7. The number of hydrogen-bond acceptors (Lipinski definition) is 6. The van der Waals surface area contributed by atoms with Gasteiger partial charge in [-0.1, -0.05) is 18.2 Å². The number of hydrogen-bond donors (Lipinski definition) is 0. The van der Waals surface area contributed by atoms with Gasteiger partial charge in [0.15, 0.2) is 14.9 Å². The average molecular weight is 404 g/mol. The van der Waals surface area contributed by atoms with Crippen LogP contribution in [0.3, 0.4) is 0 Å². The topological polar surface area (TPSA) is 62.7 Å². The predicted octanol–water partition coefficient (Wildman–Crippen LogP) is 3.13. The van der Waals surface area contributed by atoms with Crippen LogP contribution < -0.4 is 9.80 Å². The molecule has 6 nitrogen and oxygen atoms in total. The number of aromatic nitrogens is 1. The molecule has 0 N–H and O–H groups in total. The minimum atomic E-state index is -3.45. The van der Waals surface area contributed by atoms with Crippen LogP contribution in [0.1, 0.15) is 26.3 Å². The molecule has 0 radical (unpaired) electrons. The molecule has 1 fully saturated rings. The van der Waals surface area contributed by atoms with E-state index in [4.69, 9.17) is 4.74 Å². The zero-order chi connectivity index (χ0) is 20.4. The van der Waals surface area contributed by atoms with Crippen LogP contribution in [0.5, 0.6) is 0 Å². The summed E-state index contributed by atoms with van der Waals surface area (Å²) in [6, 6.07) is 11.8. The van der Waals surface area contributed by atoms with Gasteiger partial charge in [0, 0.05) is 32.4 Å². The summed E-state index contributed by atoms with van der Waals surface area (Å²) in [6.45, 7) is 9.05. The first-order valence-electron chi connectivity index (χ1n) is 9.52. The average Bonchev–Trinajstić information content (AvgIpc) is 2.68. The largest absolute Gasteiger partial charge is 0.378 e. The van der Waals surface area contributed by atoms with Gasteiger partial charge in [0.25, 0.3) is 0 Å². The van der Waals surface area contributed by atoms with Gasteiger partial charge in [0.05, 0.1) is 29.8 Å². The second kappa shape index (κ2) is 8.09. The molecule has 28 heavy (non-hydrogen) atoms. The number of anilines is 2. The summed E-state index contributed by atoms with van der Waals surface area (Å²) in [5, 5.41) is 0.117. The van der Waals surface area contributed by atoms with Crippen molar-refractivity contribution in [3.05, 3.63) is 48.2 Å². The maximum Gasteiger partial charge on any atom is 0.200 e. The molecule has 0 saturated carbocycles. The molecular formula is C21H29N3O3S. The first kappa shape index (κ1) is 20.6. The van der Waals surface area contributed by atoms with E-state index >= 15 is 0 Å². The number of para-hydroxylation sites is 1. The Morgan fingerprint density at radius 1 is 1.11 bits per heavy atom. The summed E-state index contributed by atoms with van der Waals surface area (Å²) in [7, 11) is -1.46. The van der Waals surface area contributed by atoms with E-state index in [1.165, 1.54) is 11.3 Å². The Morgan fingerprint density at radius 2 is 1.79 bits per heavy atom. The third-order valence-electron chi connectivity index (χ3n) is 4.99. The highest BCUT2D eigenvalue weighted by atomic mass is 32.2. The molecule has 1 aromatic carbocycles. The third-order valence-corrected chi connectivity index (χ3v) is 7.40. The van der Waals surface area contributed by atoms with Gasteiger partial charge in [0.1, 0.15) is 0 Å². The van der Waals surface area contributed by atoms with Gasteiger partial charge in [0.2, 0.25) is 0 Å². The monoisotopic (exact) mass is 403 g/mol. The van der Waals surface area contributed by atoms with E-state index in [1.807, 2.05) is 19.2 Å². The molecule has 2 aromatic rings. The Bertz CT molecular complexity index is 899. The lowest BCUT2D eigenvalue weighted by Crippen LogP contribution is -2.37. The second-order valence-electron chi connectivity index (χ2n) is 8.05. The Balaban J connectivity index is 1.78. The van der Waals surface area contributed by atoms with Crippen molar-refractivity contribution in [2.75, 3.05) is 43.2 Å². The molecule has 7 heteroatoms. The van der Waals surface area contributed by atoms with Crippen molar-refractivity contribution in [3.63, 3.8) is 0 Å². The van der Waals surface area contributed by atoms with Crippen molar-refractivity contribution >= 4 is 21.2 Å². The van der Waals surface area contributed by atoms with E-state index in [0.29, 0.717) is 6.54 Å². The van der Waals surface area contributed by atoms with Gasteiger partial charge in [-0.05, 0) is 44.5 Å². The van der Waals surface area contributed by atoms with Crippen LogP contribution in [0, 0.1) is 0 Å². The highest BCUT2D eigenvalue weighted by Crippen LogP contribution is 2.27. The summed E-state index contributed by atoms with van der Waals surface area (Å²) < 4.78 is 29.7. The Morgan fingerprint density at radius 3 is 2.39 bits per heavy atom. The zero-order valence-electron chi connectivity index (χ0n) is 17.1. The molecule has 1 saturated heterocycles. The van der Waals surface area contributed by atoms with Crippen molar-refractivity contribution in [1.29, 1.82) is 0 Å². The van der Waals surface area contributed by atoms with Crippen molar-refractivity contribution in [3.8, 4) is 0 Å². The lowest BCUT2D eigenvalue weighted by molar-refractivity contribution is 0.122. The molecule has 2 heterocycles. The number of benzene rings is 1. The molecule has 152 valence electrons. The van der Waals surface area contributed by atoms with Gasteiger partial charge >= 0.3 is 0 Å². The molecule has 1 aliphatic heterocycles. The van der Waals surface area contributed by atoms with E-state index in [1.54, 1.807) is 33.0 Å². The van der Waals surface area contributed by atoms with Gasteiger partial charge < -0.3 is 14.5 Å². The van der Waals surface area contributed by atoms with E-state index < -0.39 is 14.6 Å². The molecule has 1 aromatic heterocycles. The quantitative estimate of drug-likeness (QED) is 0.764. The number of sulfone groups is 1. The van der Waals surface area contributed by atoms with Gasteiger partial charge in [-0.2, -0.15) is 0 Å². The van der Waals surface area contributed by atoms with Gasteiger partial charge in [-0.3, -0.25) is 0 Å². The number of ether oxygens (including phenoxy) is 1. The molecule has 0 atom stereocenters. The maximum absolute atomic E-state index is 12.6. The van der Waals surface area contributed by atoms with Crippen LogP contribution in [0.15, 0.2) is 47.6 Å². The van der Waals surface area contributed by atoms with E-state index in [9.17, 15) is 8.42 Å². The van der Waals surface area contributed by atoms with Crippen LogP contribution in [-0.4, -0.2) is 51.5 Å². The molecule has 0 bridgehead atoms. The maximum atomic E-state index is 12.6. The molecular weight excluding hydrogens is 374 g/mol. The summed E-state index contributed by atoms with van der Waals surface area (Å²) >= 11 is 0. The van der Waals surface area contributed by atoms with E-state index in [-0.39, 0.29) is 5.03 Å². The van der Waals surface area contributed by atoms with Crippen molar-refractivity contribution in [2.24, 2.45) is 0 Å². The number of morpholine rings is 1. The summed E-state index contributed by atoms with van der Waals surface area (Å²) in [5.74, 6) is 0. The van der Waals surface area contributed by atoms with Crippen molar-refractivity contribution in [1.82, 2.24) is 4.98 Å². The van der Waals surface area contributed by atoms with Crippen LogP contribution in [0.4, 0.5) is 11.4 Å². The SMILES string of the molecule is CN(Cc1ccccc1N1CCOCC1)c1ccc(S(=O)(=O)C(C)(C)C)nc1.